The Morgan fingerprint density at radius 2 is 2.00 bits per heavy atom. The van der Waals surface area contributed by atoms with Gasteiger partial charge in [0.05, 0.1) is 11.4 Å². The fraction of sp³-hybridized carbons (Fsp3) is 0.500. The van der Waals surface area contributed by atoms with Crippen LogP contribution in [0.1, 0.15) is 61.6 Å². The summed E-state index contributed by atoms with van der Waals surface area (Å²) in [6, 6.07) is 2.99. The van der Waals surface area contributed by atoms with E-state index in [1.54, 1.807) is 17.7 Å². The lowest BCUT2D eigenvalue weighted by atomic mass is 9.97. The van der Waals surface area contributed by atoms with Gasteiger partial charge >= 0.3 is 0 Å². The number of nitrogens with one attached hydrogen (secondary N) is 1. The molecule has 5 heterocycles. The van der Waals surface area contributed by atoms with Crippen molar-refractivity contribution in [2.24, 2.45) is 0 Å². The lowest BCUT2D eigenvalue weighted by Crippen LogP contribution is -2.37. The molecule has 0 amide bonds. The fourth-order valence-corrected chi connectivity index (χ4v) is 5.75. The molecular weight excluding hydrogens is 434 g/mol. The predicted molar refractivity (Wildman–Crippen MR) is 131 cm³/mol. The SMILES string of the molecule is Cc1cc(-c2n[nH]c(-c3ncc(C(C)N(C)C4CCOCC4)s3)c2C(C)C)cn2ncnc12. The molecule has 0 saturated carbocycles. The molecule has 1 atom stereocenters. The van der Waals surface area contributed by atoms with Crippen LogP contribution in [0.25, 0.3) is 27.6 Å². The highest BCUT2D eigenvalue weighted by Gasteiger charge is 2.26. The monoisotopic (exact) mass is 465 g/mol. The van der Waals surface area contributed by atoms with Crippen LogP contribution in [0.15, 0.2) is 24.8 Å². The highest BCUT2D eigenvalue weighted by molar-refractivity contribution is 7.15. The molecule has 4 aromatic heterocycles. The zero-order valence-electron chi connectivity index (χ0n) is 19.9. The van der Waals surface area contributed by atoms with Crippen molar-refractivity contribution in [1.82, 2.24) is 34.7 Å². The Balaban J connectivity index is 1.48. The summed E-state index contributed by atoms with van der Waals surface area (Å²) in [7, 11) is 2.22. The first-order valence-corrected chi connectivity index (χ1v) is 12.4. The first-order valence-electron chi connectivity index (χ1n) is 11.6. The van der Waals surface area contributed by atoms with E-state index in [4.69, 9.17) is 14.8 Å². The van der Waals surface area contributed by atoms with E-state index in [1.807, 2.05) is 16.9 Å². The molecule has 9 heteroatoms. The second-order valence-electron chi connectivity index (χ2n) is 9.21. The number of nitrogens with zero attached hydrogens (tertiary/aromatic N) is 6. The molecular formula is C24H31N7OS. The Kier molecular flexibility index (Phi) is 6.03. The summed E-state index contributed by atoms with van der Waals surface area (Å²) < 4.78 is 7.36. The summed E-state index contributed by atoms with van der Waals surface area (Å²) in [5, 5.41) is 13.3. The normalized spacial score (nSPS) is 16.3. The molecule has 0 aromatic carbocycles. The number of pyridine rings is 1. The third kappa shape index (κ3) is 4.09. The van der Waals surface area contributed by atoms with Crippen molar-refractivity contribution in [2.75, 3.05) is 20.3 Å². The van der Waals surface area contributed by atoms with Crippen LogP contribution in [-0.4, -0.2) is 61.0 Å². The van der Waals surface area contributed by atoms with E-state index in [0.717, 1.165) is 59.2 Å². The van der Waals surface area contributed by atoms with E-state index >= 15 is 0 Å². The van der Waals surface area contributed by atoms with Gasteiger partial charge in [0.15, 0.2) is 5.65 Å². The van der Waals surface area contributed by atoms with Gasteiger partial charge in [-0.05, 0) is 51.3 Å². The van der Waals surface area contributed by atoms with Gasteiger partial charge in [-0.15, -0.1) is 11.3 Å². The van der Waals surface area contributed by atoms with Crippen LogP contribution in [0, 0.1) is 6.92 Å². The van der Waals surface area contributed by atoms with Crippen LogP contribution < -0.4 is 0 Å². The maximum absolute atomic E-state index is 5.54. The van der Waals surface area contributed by atoms with Crippen LogP contribution in [0.2, 0.25) is 0 Å². The number of aromatic nitrogens is 6. The van der Waals surface area contributed by atoms with Crippen molar-refractivity contribution in [3.8, 4) is 22.0 Å². The molecule has 174 valence electrons. The fourth-order valence-electron chi connectivity index (χ4n) is 4.72. The zero-order valence-corrected chi connectivity index (χ0v) is 20.7. The molecule has 0 radical (unpaired) electrons. The van der Waals surface area contributed by atoms with Gasteiger partial charge in [0.25, 0.3) is 0 Å². The minimum absolute atomic E-state index is 0.287. The third-order valence-electron chi connectivity index (χ3n) is 6.74. The van der Waals surface area contributed by atoms with Crippen LogP contribution in [0.5, 0.6) is 0 Å². The molecule has 1 aliphatic heterocycles. The number of aromatic amines is 1. The van der Waals surface area contributed by atoms with Crippen LogP contribution in [0.3, 0.4) is 0 Å². The van der Waals surface area contributed by atoms with Gasteiger partial charge in [-0.25, -0.2) is 14.5 Å². The molecule has 5 rings (SSSR count). The van der Waals surface area contributed by atoms with Gasteiger partial charge in [0, 0.05) is 53.7 Å². The highest BCUT2D eigenvalue weighted by Crippen LogP contribution is 2.39. The molecule has 1 unspecified atom stereocenters. The van der Waals surface area contributed by atoms with Crippen molar-refractivity contribution in [3.63, 3.8) is 0 Å². The van der Waals surface area contributed by atoms with Crippen molar-refractivity contribution < 1.29 is 4.74 Å². The highest BCUT2D eigenvalue weighted by atomic mass is 32.1. The topological polar surface area (TPSA) is 84.2 Å². The van der Waals surface area contributed by atoms with Gasteiger partial charge in [-0.1, -0.05) is 13.8 Å². The number of thiazole rings is 1. The van der Waals surface area contributed by atoms with Gasteiger partial charge in [0.2, 0.25) is 0 Å². The van der Waals surface area contributed by atoms with E-state index in [9.17, 15) is 0 Å². The smallest absolute Gasteiger partial charge is 0.158 e. The Bertz CT molecular complexity index is 1250. The summed E-state index contributed by atoms with van der Waals surface area (Å²) >= 11 is 1.75. The van der Waals surface area contributed by atoms with Crippen LogP contribution in [0.4, 0.5) is 0 Å². The molecule has 0 bridgehead atoms. The number of fused-ring (bicyclic) bond motifs is 1. The second kappa shape index (κ2) is 8.96. The van der Waals surface area contributed by atoms with Gasteiger partial charge in [0.1, 0.15) is 11.3 Å². The van der Waals surface area contributed by atoms with E-state index in [0.29, 0.717) is 12.1 Å². The molecule has 33 heavy (non-hydrogen) atoms. The standard InChI is InChI=1S/C24H31N7OS/c1-14(2)20-21(17-10-15(3)23-26-13-27-31(23)12-17)28-29-22(20)24-25-11-19(33-24)16(4)30(5)18-6-8-32-9-7-18/h10-14,16,18H,6-9H2,1-5H3,(H,28,29). The summed E-state index contributed by atoms with van der Waals surface area (Å²) in [5.41, 5.74) is 6.11. The zero-order chi connectivity index (χ0) is 23.1. The van der Waals surface area contributed by atoms with Crippen LogP contribution in [-0.2, 0) is 4.74 Å². The maximum atomic E-state index is 5.54. The lowest BCUT2D eigenvalue weighted by molar-refractivity contribution is 0.0313. The molecule has 0 aliphatic carbocycles. The number of rotatable bonds is 6. The largest absolute Gasteiger partial charge is 0.381 e. The van der Waals surface area contributed by atoms with E-state index in [2.05, 4.69) is 60.9 Å². The van der Waals surface area contributed by atoms with Gasteiger partial charge in [-0.2, -0.15) is 10.2 Å². The summed E-state index contributed by atoms with van der Waals surface area (Å²) in [6.07, 6.45) is 7.78. The maximum Gasteiger partial charge on any atom is 0.158 e. The molecule has 8 nitrogen and oxygen atoms in total. The van der Waals surface area contributed by atoms with Gasteiger partial charge < -0.3 is 4.74 Å². The number of H-pyrrole nitrogens is 1. The van der Waals surface area contributed by atoms with E-state index < -0.39 is 0 Å². The Morgan fingerprint density at radius 1 is 1.21 bits per heavy atom. The van der Waals surface area contributed by atoms with E-state index in [1.165, 1.54) is 10.4 Å². The van der Waals surface area contributed by atoms with Crippen molar-refractivity contribution in [1.29, 1.82) is 0 Å². The summed E-state index contributed by atoms with van der Waals surface area (Å²) in [4.78, 5) is 12.9. The third-order valence-corrected chi connectivity index (χ3v) is 7.93. The predicted octanol–water partition coefficient (Wildman–Crippen LogP) is 4.85. The average molecular weight is 466 g/mol. The number of hydrogen-bond acceptors (Lipinski definition) is 7. The lowest BCUT2D eigenvalue weighted by Gasteiger charge is -2.34. The molecule has 1 N–H and O–H groups in total. The van der Waals surface area contributed by atoms with Crippen LogP contribution >= 0.6 is 11.3 Å². The Labute approximate surface area is 198 Å². The quantitative estimate of drug-likeness (QED) is 0.438. The summed E-state index contributed by atoms with van der Waals surface area (Å²) in [5.74, 6) is 0.287. The first-order chi connectivity index (χ1) is 15.9. The molecule has 1 fully saturated rings. The Morgan fingerprint density at radius 3 is 2.76 bits per heavy atom. The summed E-state index contributed by atoms with van der Waals surface area (Å²) in [6.45, 7) is 10.4. The minimum Gasteiger partial charge on any atom is -0.381 e. The van der Waals surface area contributed by atoms with Crippen molar-refractivity contribution in [2.45, 2.75) is 58.5 Å². The molecule has 0 spiro atoms. The molecule has 4 aromatic rings. The average Bonchev–Trinajstić information content (AvgIpc) is 3.57. The molecule has 1 saturated heterocycles. The van der Waals surface area contributed by atoms with Gasteiger partial charge in [-0.3, -0.25) is 10.00 Å². The van der Waals surface area contributed by atoms with Crippen molar-refractivity contribution in [3.05, 3.63) is 40.8 Å². The second-order valence-corrected chi connectivity index (χ2v) is 10.3. The number of ether oxygens (including phenoxy) is 1. The Hall–Kier alpha value is -2.62. The van der Waals surface area contributed by atoms with E-state index in [-0.39, 0.29) is 5.92 Å². The minimum atomic E-state index is 0.287. The molecule has 1 aliphatic rings. The first kappa shape index (κ1) is 22.2. The number of aryl methyl sites for hydroxylation is 1. The number of hydrogen-bond donors (Lipinski definition) is 1. The van der Waals surface area contributed by atoms with Crippen molar-refractivity contribution >= 4 is 17.0 Å².